The summed E-state index contributed by atoms with van der Waals surface area (Å²) in [6.07, 6.45) is 0. The number of hydrogen-bond donors (Lipinski definition) is 0. The van der Waals surface area contributed by atoms with Crippen LogP contribution >= 0.6 is 21.6 Å². The summed E-state index contributed by atoms with van der Waals surface area (Å²) in [5, 5.41) is 0. The molecule has 0 aromatic carbocycles. The van der Waals surface area contributed by atoms with Gasteiger partial charge in [-0.05, 0) is 6.92 Å². The number of carbonyl (C=O) groups excluding carboxylic acids is 1. The Morgan fingerprint density at radius 1 is 1.55 bits per heavy atom. The van der Waals surface area contributed by atoms with Gasteiger partial charge >= 0.3 is 5.97 Å². The van der Waals surface area contributed by atoms with Gasteiger partial charge in [-0.1, -0.05) is 21.6 Å². The molecule has 0 aromatic heterocycles. The Bertz CT molecular complexity index is 148. The molecule has 0 aromatic rings. The normalized spacial score (nSPS) is 21.6. The molecule has 0 N–H and O–H groups in total. The summed E-state index contributed by atoms with van der Waals surface area (Å²) in [4.78, 5) is 13.1. The number of methoxy groups -OCH3 is 1. The van der Waals surface area contributed by atoms with Crippen LogP contribution < -0.4 is 0 Å². The molecule has 0 unspecified atom stereocenters. The van der Waals surface area contributed by atoms with Gasteiger partial charge in [-0.3, -0.25) is 9.69 Å². The predicted molar refractivity (Wildman–Crippen MR) is 48.2 cm³/mol. The van der Waals surface area contributed by atoms with Gasteiger partial charge in [-0.15, -0.1) is 0 Å². The quantitative estimate of drug-likeness (QED) is 0.485. The second kappa shape index (κ2) is 4.23. The minimum absolute atomic E-state index is 0.0949. The largest absolute Gasteiger partial charge is 0.468 e. The fourth-order valence-electron chi connectivity index (χ4n) is 0.790. The summed E-state index contributed by atoms with van der Waals surface area (Å²) in [6, 6.07) is -0.0949. The standard InChI is InChI=1S/C6H11NO2S2/c1-5(6(8)9-2)7-3-10-11-4-7/h5H,3-4H2,1-2H3/t5-/m0/s1. The van der Waals surface area contributed by atoms with E-state index in [1.165, 1.54) is 7.11 Å². The first-order valence-corrected chi connectivity index (χ1v) is 5.81. The lowest BCUT2D eigenvalue weighted by atomic mass is 10.3. The lowest BCUT2D eigenvalue weighted by Gasteiger charge is -2.18. The van der Waals surface area contributed by atoms with Crippen molar-refractivity contribution in [2.45, 2.75) is 13.0 Å². The fourth-order valence-corrected chi connectivity index (χ4v) is 3.22. The minimum atomic E-state index is -0.145. The molecular formula is C6H11NO2S2. The Labute approximate surface area is 74.2 Å². The van der Waals surface area contributed by atoms with Crippen molar-refractivity contribution >= 4 is 27.6 Å². The first kappa shape index (κ1) is 9.22. The van der Waals surface area contributed by atoms with Gasteiger partial charge in [-0.2, -0.15) is 0 Å². The second-order valence-corrected chi connectivity index (χ2v) is 4.68. The molecule has 0 saturated carbocycles. The van der Waals surface area contributed by atoms with E-state index in [0.717, 1.165) is 11.8 Å². The van der Waals surface area contributed by atoms with Crippen LogP contribution in [-0.4, -0.2) is 35.8 Å². The monoisotopic (exact) mass is 193 g/mol. The summed E-state index contributed by atoms with van der Waals surface area (Å²) in [5.74, 6) is 1.69. The molecule has 64 valence electrons. The highest BCUT2D eigenvalue weighted by Crippen LogP contribution is 2.32. The van der Waals surface area contributed by atoms with Crippen molar-refractivity contribution in [2.24, 2.45) is 0 Å². The Morgan fingerprint density at radius 3 is 2.55 bits per heavy atom. The highest BCUT2D eigenvalue weighted by molar-refractivity contribution is 8.77. The van der Waals surface area contributed by atoms with Crippen LogP contribution in [0.4, 0.5) is 0 Å². The zero-order chi connectivity index (χ0) is 8.27. The Kier molecular flexibility index (Phi) is 3.54. The van der Waals surface area contributed by atoms with E-state index in [9.17, 15) is 4.79 Å². The Hall–Kier alpha value is 0.130. The van der Waals surface area contributed by atoms with Crippen LogP contribution in [0.5, 0.6) is 0 Å². The summed E-state index contributed by atoms with van der Waals surface area (Å²) < 4.78 is 4.63. The molecule has 1 rings (SSSR count). The summed E-state index contributed by atoms with van der Waals surface area (Å²) in [5.41, 5.74) is 0. The molecule has 1 aliphatic rings. The van der Waals surface area contributed by atoms with E-state index in [4.69, 9.17) is 0 Å². The molecular weight excluding hydrogens is 182 g/mol. The molecule has 11 heavy (non-hydrogen) atoms. The maximum Gasteiger partial charge on any atom is 0.322 e. The molecule has 0 aliphatic carbocycles. The molecule has 3 nitrogen and oxygen atoms in total. The average molecular weight is 193 g/mol. The van der Waals surface area contributed by atoms with Crippen LogP contribution in [0.15, 0.2) is 0 Å². The van der Waals surface area contributed by atoms with Crippen molar-refractivity contribution in [3.8, 4) is 0 Å². The van der Waals surface area contributed by atoms with Crippen LogP contribution in [0.3, 0.4) is 0 Å². The zero-order valence-electron chi connectivity index (χ0n) is 6.57. The third-order valence-electron chi connectivity index (χ3n) is 1.61. The van der Waals surface area contributed by atoms with Gasteiger partial charge < -0.3 is 4.74 Å². The first-order valence-electron chi connectivity index (χ1n) is 3.32. The fraction of sp³-hybridized carbons (Fsp3) is 0.833. The van der Waals surface area contributed by atoms with Gasteiger partial charge in [0.2, 0.25) is 0 Å². The average Bonchev–Trinajstić information content (AvgIpc) is 2.53. The Balaban J connectivity index is 2.39. The van der Waals surface area contributed by atoms with Gasteiger partial charge in [0.25, 0.3) is 0 Å². The number of hydrogen-bond acceptors (Lipinski definition) is 5. The van der Waals surface area contributed by atoms with Crippen LogP contribution in [0.25, 0.3) is 0 Å². The van der Waals surface area contributed by atoms with Gasteiger partial charge in [-0.25, -0.2) is 0 Å². The van der Waals surface area contributed by atoms with E-state index in [1.807, 2.05) is 6.92 Å². The van der Waals surface area contributed by atoms with Crippen LogP contribution in [0.2, 0.25) is 0 Å². The molecule has 1 saturated heterocycles. The smallest absolute Gasteiger partial charge is 0.322 e. The van der Waals surface area contributed by atoms with Gasteiger partial charge in [0, 0.05) is 0 Å². The van der Waals surface area contributed by atoms with Crippen LogP contribution in [0, 0.1) is 0 Å². The maximum atomic E-state index is 11.0. The van der Waals surface area contributed by atoms with Gasteiger partial charge in [0.15, 0.2) is 0 Å². The van der Waals surface area contributed by atoms with Gasteiger partial charge in [0.1, 0.15) is 6.04 Å². The highest BCUT2D eigenvalue weighted by atomic mass is 33.1. The molecule has 1 heterocycles. The summed E-state index contributed by atoms with van der Waals surface area (Å²) in [7, 11) is 4.97. The van der Waals surface area contributed by atoms with Crippen molar-refractivity contribution in [1.29, 1.82) is 0 Å². The van der Waals surface area contributed by atoms with E-state index in [1.54, 1.807) is 21.6 Å². The summed E-state index contributed by atoms with van der Waals surface area (Å²) >= 11 is 0. The molecule has 0 amide bonds. The first-order chi connectivity index (χ1) is 5.25. The van der Waals surface area contributed by atoms with Gasteiger partial charge in [0.05, 0.1) is 18.9 Å². The molecule has 5 heteroatoms. The summed E-state index contributed by atoms with van der Waals surface area (Å²) in [6.45, 7) is 1.87. The second-order valence-electron chi connectivity index (χ2n) is 2.28. The van der Waals surface area contributed by atoms with E-state index >= 15 is 0 Å². The SMILES string of the molecule is COC(=O)[C@H](C)N1CSSC1. The van der Waals surface area contributed by atoms with Crippen molar-refractivity contribution in [2.75, 3.05) is 18.9 Å². The number of carbonyl (C=O) groups is 1. The molecule has 1 atom stereocenters. The van der Waals surface area contributed by atoms with Crippen molar-refractivity contribution in [3.05, 3.63) is 0 Å². The van der Waals surface area contributed by atoms with Crippen LogP contribution in [-0.2, 0) is 9.53 Å². The molecule has 1 fully saturated rings. The third kappa shape index (κ3) is 2.28. The predicted octanol–water partition coefficient (Wildman–Crippen LogP) is 1.16. The Morgan fingerprint density at radius 2 is 2.09 bits per heavy atom. The zero-order valence-corrected chi connectivity index (χ0v) is 8.20. The third-order valence-corrected chi connectivity index (χ3v) is 3.78. The van der Waals surface area contributed by atoms with Crippen LogP contribution in [0.1, 0.15) is 6.92 Å². The number of rotatable bonds is 2. The van der Waals surface area contributed by atoms with E-state index < -0.39 is 0 Å². The molecule has 0 bridgehead atoms. The van der Waals surface area contributed by atoms with E-state index in [-0.39, 0.29) is 12.0 Å². The molecule has 0 radical (unpaired) electrons. The highest BCUT2D eigenvalue weighted by Gasteiger charge is 2.24. The van der Waals surface area contributed by atoms with Crippen molar-refractivity contribution in [1.82, 2.24) is 4.90 Å². The van der Waals surface area contributed by atoms with Crippen molar-refractivity contribution in [3.63, 3.8) is 0 Å². The van der Waals surface area contributed by atoms with E-state index in [0.29, 0.717) is 0 Å². The van der Waals surface area contributed by atoms with E-state index in [2.05, 4.69) is 9.64 Å². The minimum Gasteiger partial charge on any atom is -0.468 e. The topological polar surface area (TPSA) is 29.5 Å². The number of esters is 1. The number of nitrogens with zero attached hydrogens (tertiary/aromatic N) is 1. The maximum absolute atomic E-state index is 11.0. The number of ether oxygens (including phenoxy) is 1. The molecule has 0 spiro atoms. The lowest BCUT2D eigenvalue weighted by Crippen LogP contribution is -2.36. The van der Waals surface area contributed by atoms with Crippen molar-refractivity contribution < 1.29 is 9.53 Å². The lowest BCUT2D eigenvalue weighted by molar-refractivity contribution is -0.145. The molecule has 1 aliphatic heterocycles.